The van der Waals surface area contributed by atoms with Gasteiger partial charge in [0.05, 0.1) is 16.1 Å². The number of carbonyl (C=O) groups is 1. The highest BCUT2D eigenvalue weighted by Gasteiger charge is 2.14. The molecule has 1 aromatic heterocycles. The molecule has 0 saturated heterocycles. The van der Waals surface area contributed by atoms with E-state index in [2.05, 4.69) is 29.2 Å². The van der Waals surface area contributed by atoms with Crippen LogP contribution in [0, 0.1) is 0 Å². The quantitative estimate of drug-likeness (QED) is 0.517. The van der Waals surface area contributed by atoms with Crippen LogP contribution < -0.4 is 4.74 Å². The van der Waals surface area contributed by atoms with E-state index in [9.17, 15) is 4.79 Å². The molecule has 3 aromatic carbocycles. The minimum Gasteiger partial charge on any atom is -0.479 e. The Kier molecular flexibility index (Phi) is 4.75. The lowest BCUT2D eigenvalue weighted by molar-refractivity contribution is -0.139. The van der Waals surface area contributed by atoms with Crippen molar-refractivity contribution >= 4 is 28.6 Å². The van der Waals surface area contributed by atoms with Crippen LogP contribution in [0.25, 0.3) is 33.3 Å². The van der Waals surface area contributed by atoms with E-state index in [-0.39, 0.29) is 6.01 Å². The van der Waals surface area contributed by atoms with Crippen LogP contribution in [-0.4, -0.2) is 27.2 Å². The number of aromatic nitrogens is 2. The lowest BCUT2D eigenvalue weighted by Gasteiger charge is -2.07. The van der Waals surface area contributed by atoms with Crippen molar-refractivity contribution in [1.82, 2.24) is 9.55 Å². The third kappa shape index (κ3) is 3.44. The zero-order valence-electron chi connectivity index (χ0n) is 15.1. The Balaban J connectivity index is 1.70. The summed E-state index contributed by atoms with van der Waals surface area (Å²) in [5.41, 5.74) is 5.58. The predicted octanol–water partition coefficient (Wildman–Crippen LogP) is 5.02. The van der Waals surface area contributed by atoms with Gasteiger partial charge in [-0.05, 0) is 28.8 Å². The van der Waals surface area contributed by atoms with E-state index in [4.69, 9.17) is 21.4 Å². The number of fused-ring (bicyclic) bond motifs is 1. The summed E-state index contributed by atoms with van der Waals surface area (Å²) < 4.78 is 6.93. The van der Waals surface area contributed by atoms with E-state index >= 15 is 0 Å². The molecule has 0 radical (unpaired) electrons. The van der Waals surface area contributed by atoms with Gasteiger partial charge in [-0.3, -0.25) is 4.57 Å². The molecule has 0 spiro atoms. The zero-order valence-corrected chi connectivity index (χ0v) is 15.8. The molecule has 0 aliphatic carbocycles. The summed E-state index contributed by atoms with van der Waals surface area (Å²) in [6, 6.07) is 22.3. The summed E-state index contributed by atoms with van der Waals surface area (Å²) in [6.07, 6.45) is 0. The highest BCUT2D eigenvalue weighted by molar-refractivity contribution is 6.34. The molecule has 0 saturated carbocycles. The van der Waals surface area contributed by atoms with E-state index in [0.717, 1.165) is 27.8 Å². The second-order valence-electron chi connectivity index (χ2n) is 6.40. The Bertz CT molecular complexity index is 1150. The van der Waals surface area contributed by atoms with Crippen molar-refractivity contribution in [1.29, 1.82) is 0 Å². The Morgan fingerprint density at radius 2 is 1.68 bits per heavy atom. The Hall–Kier alpha value is -3.31. The van der Waals surface area contributed by atoms with Crippen molar-refractivity contribution in [2.24, 2.45) is 7.05 Å². The average Bonchev–Trinajstić information content (AvgIpc) is 3.01. The number of ether oxygens (including phenoxy) is 1. The van der Waals surface area contributed by atoms with Gasteiger partial charge in [-0.25, -0.2) is 4.79 Å². The lowest BCUT2D eigenvalue weighted by atomic mass is 10.00. The van der Waals surface area contributed by atoms with Crippen molar-refractivity contribution in [2.45, 2.75) is 0 Å². The maximum absolute atomic E-state index is 10.7. The normalized spacial score (nSPS) is 10.9. The van der Waals surface area contributed by atoms with Crippen LogP contribution in [0.1, 0.15) is 0 Å². The molecule has 4 rings (SSSR count). The molecular formula is C22H17ClN2O3. The van der Waals surface area contributed by atoms with E-state index in [1.54, 1.807) is 11.6 Å². The summed E-state index contributed by atoms with van der Waals surface area (Å²) in [4.78, 5) is 15.1. The van der Waals surface area contributed by atoms with Crippen molar-refractivity contribution in [2.75, 3.05) is 6.61 Å². The number of imidazole rings is 1. The van der Waals surface area contributed by atoms with Crippen molar-refractivity contribution in [3.05, 3.63) is 71.8 Å². The number of aryl methyl sites for hydroxylation is 1. The van der Waals surface area contributed by atoms with Gasteiger partial charge >= 0.3 is 5.97 Å². The van der Waals surface area contributed by atoms with Crippen LogP contribution in [-0.2, 0) is 11.8 Å². The minimum atomic E-state index is -1.05. The predicted molar refractivity (Wildman–Crippen MR) is 110 cm³/mol. The minimum absolute atomic E-state index is 0.241. The van der Waals surface area contributed by atoms with Crippen LogP contribution >= 0.6 is 11.6 Å². The van der Waals surface area contributed by atoms with Gasteiger partial charge in [-0.2, -0.15) is 4.98 Å². The van der Waals surface area contributed by atoms with Gasteiger partial charge in [-0.15, -0.1) is 0 Å². The van der Waals surface area contributed by atoms with Crippen LogP contribution in [0.2, 0.25) is 5.02 Å². The number of halogens is 1. The highest BCUT2D eigenvalue weighted by Crippen LogP contribution is 2.34. The smallest absolute Gasteiger partial charge is 0.341 e. The van der Waals surface area contributed by atoms with Gasteiger partial charge in [0.1, 0.15) is 0 Å². The molecule has 6 heteroatoms. The fourth-order valence-corrected chi connectivity index (χ4v) is 3.41. The third-order valence-electron chi connectivity index (χ3n) is 4.56. The second-order valence-corrected chi connectivity index (χ2v) is 6.81. The van der Waals surface area contributed by atoms with Crippen LogP contribution in [0.15, 0.2) is 66.7 Å². The summed E-state index contributed by atoms with van der Waals surface area (Å²) in [5, 5.41) is 9.39. The first kappa shape index (κ1) is 18.1. The van der Waals surface area contributed by atoms with Gasteiger partial charge < -0.3 is 9.84 Å². The molecule has 4 aromatic rings. The molecule has 1 N–H and O–H groups in total. The molecule has 0 unspecified atom stereocenters. The zero-order chi connectivity index (χ0) is 19.7. The van der Waals surface area contributed by atoms with Crippen molar-refractivity contribution < 1.29 is 14.6 Å². The number of carboxylic acid groups (broad SMARTS) is 1. The molecule has 28 heavy (non-hydrogen) atoms. The summed E-state index contributed by atoms with van der Waals surface area (Å²) >= 11 is 6.53. The standard InChI is InChI=1S/C22H17ClN2O3/c1-25-20-12-18(23)17(11-19(20)24-22(25)28-13-21(26)27)16-9-7-15(8-10-16)14-5-3-2-4-6-14/h2-12H,13H2,1H3,(H,26,27). The largest absolute Gasteiger partial charge is 0.479 e. The molecule has 0 bridgehead atoms. The number of nitrogens with zero attached hydrogens (tertiary/aromatic N) is 2. The van der Waals surface area contributed by atoms with E-state index in [1.807, 2.05) is 42.5 Å². The first-order chi connectivity index (χ1) is 13.5. The summed E-state index contributed by atoms with van der Waals surface area (Å²) in [7, 11) is 1.76. The first-order valence-corrected chi connectivity index (χ1v) is 9.07. The molecule has 5 nitrogen and oxygen atoms in total. The SMILES string of the molecule is Cn1c(OCC(=O)O)nc2cc(-c3ccc(-c4ccccc4)cc3)c(Cl)cc21. The van der Waals surface area contributed by atoms with Crippen molar-refractivity contribution in [3.63, 3.8) is 0 Å². The molecule has 0 aliphatic heterocycles. The second kappa shape index (κ2) is 7.37. The molecule has 0 atom stereocenters. The van der Waals surface area contributed by atoms with Gasteiger partial charge in [0.2, 0.25) is 0 Å². The van der Waals surface area contributed by atoms with Crippen LogP contribution in [0.3, 0.4) is 0 Å². The molecule has 140 valence electrons. The van der Waals surface area contributed by atoms with E-state index in [0.29, 0.717) is 10.5 Å². The topological polar surface area (TPSA) is 64.3 Å². The molecule has 0 amide bonds. The molecule has 0 fully saturated rings. The van der Waals surface area contributed by atoms with Crippen LogP contribution in [0.5, 0.6) is 6.01 Å². The number of benzene rings is 3. The maximum Gasteiger partial charge on any atom is 0.341 e. The van der Waals surface area contributed by atoms with Crippen molar-refractivity contribution in [3.8, 4) is 28.3 Å². The monoisotopic (exact) mass is 392 g/mol. The number of aliphatic carboxylic acids is 1. The number of hydrogen-bond acceptors (Lipinski definition) is 3. The Morgan fingerprint density at radius 3 is 2.36 bits per heavy atom. The van der Waals surface area contributed by atoms with Crippen LogP contribution in [0.4, 0.5) is 0 Å². The number of hydrogen-bond donors (Lipinski definition) is 1. The average molecular weight is 393 g/mol. The number of carboxylic acids is 1. The third-order valence-corrected chi connectivity index (χ3v) is 4.87. The Labute approximate surface area is 166 Å². The molecular weight excluding hydrogens is 376 g/mol. The van der Waals surface area contributed by atoms with E-state index in [1.165, 1.54) is 0 Å². The van der Waals surface area contributed by atoms with E-state index < -0.39 is 12.6 Å². The van der Waals surface area contributed by atoms with Gasteiger partial charge in [-0.1, -0.05) is 66.2 Å². The van der Waals surface area contributed by atoms with Gasteiger partial charge in [0.25, 0.3) is 6.01 Å². The molecule has 0 aliphatic rings. The fourth-order valence-electron chi connectivity index (χ4n) is 3.14. The first-order valence-electron chi connectivity index (χ1n) is 8.69. The molecule has 1 heterocycles. The number of rotatable bonds is 5. The maximum atomic E-state index is 10.7. The fraction of sp³-hybridized carbons (Fsp3) is 0.0909. The Morgan fingerprint density at radius 1 is 1.04 bits per heavy atom. The lowest BCUT2D eigenvalue weighted by Crippen LogP contribution is -2.11. The summed E-state index contributed by atoms with van der Waals surface area (Å²) in [5.74, 6) is -1.05. The summed E-state index contributed by atoms with van der Waals surface area (Å²) in [6.45, 7) is -0.446. The highest BCUT2D eigenvalue weighted by atomic mass is 35.5. The van der Waals surface area contributed by atoms with Gasteiger partial charge in [0.15, 0.2) is 6.61 Å². The van der Waals surface area contributed by atoms with Gasteiger partial charge in [0, 0.05) is 12.6 Å².